The van der Waals surface area contributed by atoms with Crippen LogP contribution in [0.5, 0.6) is 0 Å². The van der Waals surface area contributed by atoms with Gasteiger partial charge in [-0.2, -0.15) is 0 Å². The topological polar surface area (TPSA) is 42.4 Å². The summed E-state index contributed by atoms with van der Waals surface area (Å²) in [5.41, 5.74) is 1.11. The summed E-state index contributed by atoms with van der Waals surface area (Å²) in [5, 5.41) is 0. The quantitative estimate of drug-likeness (QED) is 0.759. The number of morpholine rings is 1. The number of aromatic nitrogens is 1. The van der Waals surface area contributed by atoms with Crippen molar-refractivity contribution in [1.82, 2.24) is 9.88 Å². The van der Waals surface area contributed by atoms with E-state index in [1.165, 1.54) is 0 Å². The number of aryl methyl sites for hydroxylation is 1. The number of pyridine rings is 1. The highest BCUT2D eigenvalue weighted by atomic mass is 16.5. The summed E-state index contributed by atoms with van der Waals surface area (Å²) in [6.45, 7) is 2.79. The van der Waals surface area contributed by atoms with E-state index in [1.54, 1.807) is 6.20 Å². The van der Waals surface area contributed by atoms with Crippen LogP contribution in [0.4, 0.5) is 0 Å². The number of ether oxygens (including phenoxy) is 1. The average molecular weight is 220 g/mol. The van der Waals surface area contributed by atoms with Gasteiger partial charge in [-0.05, 0) is 18.1 Å². The minimum absolute atomic E-state index is 0.215. The van der Waals surface area contributed by atoms with Gasteiger partial charge < -0.3 is 9.64 Å². The number of hydrogen-bond acceptors (Lipinski definition) is 3. The lowest BCUT2D eigenvalue weighted by Crippen LogP contribution is -2.40. The summed E-state index contributed by atoms with van der Waals surface area (Å²) in [7, 11) is 0. The molecule has 4 heteroatoms. The van der Waals surface area contributed by atoms with E-state index >= 15 is 0 Å². The molecule has 0 saturated carbocycles. The zero-order valence-electron chi connectivity index (χ0n) is 9.26. The van der Waals surface area contributed by atoms with E-state index in [-0.39, 0.29) is 5.91 Å². The largest absolute Gasteiger partial charge is 0.378 e. The Labute approximate surface area is 95.2 Å². The van der Waals surface area contributed by atoms with E-state index in [2.05, 4.69) is 4.98 Å². The van der Waals surface area contributed by atoms with E-state index in [9.17, 15) is 4.79 Å². The second-order valence-corrected chi connectivity index (χ2v) is 3.85. The van der Waals surface area contributed by atoms with Crippen LogP contribution in [-0.4, -0.2) is 42.1 Å². The summed E-state index contributed by atoms with van der Waals surface area (Å²) in [6.07, 6.45) is 4.88. The standard InChI is InChI=1S/C12H16N2O2/c15-12(14-6-8-16-9-7-14)4-3-11-2-1-5-13-10-11/h1-2,5,10H,3-4,6-9H2. The summed E-state index contributed by atoms with van der Waals surface area (Å²) in [6, 6.07) is 3.90. The van der Waals surface area contributed by atoms with Crippen molar-refractivity contribution in [1.29, 1.82) is 0 Å². The van der Waals surface area contributed by atoms with Crippen LogP contribution in [0.1, 0.15) is 12.0 Å². The van der Waals surface area contributed by atoms with E-state index in [0.717, 1.165) is 25.1 Å². The summed E-state index contributed by atoms with van der Waals surface area (Å²) >= 11 is 0. The smallest absolute Gasteiger partial charge is 0.223 e. The van der Waals surface area contributed by atoms with Crippen molar-refractivity contribution in [3.63, 3.8) is 0 Å². The predicted molar refractivity (Wildman–Crippen MR) is 60.0 cm³/mol. The molecule has 4 nitrogen and oxygen atoms in total. The molecule has 86 valence electrons. The maximum atomic E-state index is 11.8. The molecule has 1 aromatic heterocycles. The molecule has 2 rings (SSSR count). The second kappa shape index (κ2) is 5.61. The van der Waals surface area contributed by atoms with Crippen molar-refractivity contribution in [3.05, 3.63) is 30.1 Å². The first-order chi connectivity index (χ1) is 7.86. The number of rotatable bonds is 3. The van der Waals surface area contributed by atoms with Crippen molar-refractivity contribution in [2.24, 2.45) is 0 Å². The van der Waals surface area contributed by atoms with Crippen LogP contribution >= 0.6 is 0 Å². The van der Waals surface area contributed by atoms with Crippen molar-refractivity contribution in [3.8, 4) is 0 Å². The number of hydrogen-bond donors (Lipinski definition) is 0. The summed E-state index contributed by atoms with van der Waals surface area (Å²) < 4.78 is 5.21. The van der Waals surface area contributed by atoms with Gasteiger partial charge in [-0.25, -0.2) is 0 Å². The van der Waals surface area contributed by atoms with Crippen LogP contribution in [0.15, 0.2) is 24.5 Å². The normalized spacial score (nSPS) is 16.1. The molecule has 0 unspecified atom stereocenters. The molecule has 1 aliphatic rings. The maximum absolute atomic E-state index is 11.8. The molecule has 0 N–H and O–H groups in total. The highest BCUT2D eigenvalue weighted by molar-refractivity contribution is 5.76. The van der Waals surface area contributed by atoms with Crippen molar-refractivity contribution >= 4 is 5.91 Å². The SMILES string of the molecule is O=C(CCc1cccnc1)N1CCOCC1. The molecule has 1 amide bonds. The molecule has 1 fully saturated rings. The molecule has 1 aromatic rings. The monoisotopic (exact) mass is 220 g/mol. The highest BCUT2D eigenvalue weighted by Gasteiger charge is 2.16. The molecular formula is C12H16N2O2. The fourth-order valence-electron chi connectivity index (χ4n) is 1.77. The molecule has 0 atom stereocenters. The zero-order valence-corrected chi connectivity index (χ0v) is 9.26. The van der Waals surface area contributed by atoms with Gasteiger partial charge in [0.05, 0.1) is 13.2 Å². The van der Waals surface area contributed by atoms with Crippen LogP contribution < -0.4 is 0 Å². The number of amides is 1. The van der Waals surface area contributed by atoms with Crippen molar-refractivity contribution in [2.45, 2.75) is 12.8 Å². The molecule has 0 aromatic carbocycles. The van der Waals surface area contributed by atoms with Crippen LogP contribution in [0.25, 0.3) is 0 Å². The van der Waals surface area contributed by atoms with Gasteiger partial charge >= 0.3 is 0 Å². The molecular weight excluding hydrogens is 204 g/mol. The van der Waals surface area contributed by atoms with E-state index in [0.29, 0.717) is 19.6 Å². The van der Waals surface area contributed by atoms with Gasteiger partial charge in [0.25, 0.3) is 0 Å². The molecule has 0 radical (unpaired) electrons. The van der Waals surface area contributed by atoms with Crippen LogP contribution in [0.2, 0.25) is 0 Å². The number of carbonyl (C=O) groups excluding carboxylic acids is 1. The fourth-order valence-corrected chi connectivity index (χ4v) is 1.77. The molecule has 2 heterocycles. The van der Waals surface area contributed by atoms with E-state index in [4.69, 9.17) is 4.74 Å². The molecule has 0 aliphatic carbocycles. The first-order valence-corrected chi connectivity index (χ1v) is 5.61. The third kappa shape index (κ3) is 3.03. The summed E-state index contributed by atoms with van der Waals surface area (Å²) in [4.78, 5) is 17.7. The fraction of sp³-hybridized carbons (Fsp3) is 0.500. The minimum Gasteiger partial charge on any atom is -0.378 e. The van der Waals surface area contributed by atoms with E-state index < -0.39 is 0 Å². The average Bonchev–Trinajstić information content (AvgIpc) is 2.38. The number of nitrogens with zero attached hydrogens (tertiary/aromatic N) is 2. The molecule has 1 aliphatic heterocycles. The van der Waals surface area contributed by atoms with Gasteiger partial charge in [-0.3, -0.25) is 9.78 Å². The van der Waals surface area contributed by atoms with Crippen LogP contribution in [0.3, 0.4) is 0 Å². The third-order valence-corrected chi connectivity index (χ3v) is 2.71. The van der Waals surface area contributed by atoms with Crippen molar-refractivity contribution in [2.75, 3.05) is 26.3 Å². The molecule has 0 spiro atoms. The lowest BCUT2D eigenvalue weighted by Gasteiger charge is -2.26. The Morgan fingerprint density at radius 2 is 2.25 bits per heavy atom. The van der Waals surface area contributed by atoms with E-state index in [1.807, 2.05) is 23.2 Å². The van der Waals surface area contributed by atoms with Crippen molar-refractivity contribution < 1.29 is 9.53 Å². The maximum Gasteiger partial charge on any atom is 0.223 e. The Bertz CT molecular complexity index is 334. The van der Waals surface area contributed by atoms with Gasteiger partial charge in [0.15, 0.2) is 0 Å². The predicted octanol–water partition coefficient (Wildman–Crippen LogP) is 0.873. The van der Waals surface area contributed by atoms with Gasteiger partial charge in [-0.1, -0.05) is 6.07 Å². The Balaban J connectivity index is 1.79. The second-order valence-electron chi connectivity index (χ2n) is 3.85. The highest BCUT2D eigenvalue weighted by Crippen LogP contribution is 2.05. The zero-order chi connectivity index (χ0) is 11.2. The lowest BCUT2D eigenvalue weighted by molar-refractivity contribution is -0.135. The summed E-state index contributed by atoms with van der Waals surface area (Å²) in [5.74, 6) is 0.215. The third-order valence-electron chi connectivity index (χ3n) is 2.71. The molecule has 0 bridgehead atoms. The van der Waals surface area contributed by atoms with Gasteiger partial charge in [0.2, 0.25) is 5.91 Å². The van der Waals surface area contributed by atoms with Gasteiger partial charge in [0.1, 0.15) is 0 Å². The molecule has 16 heavy (non-hydrogen) atoms. The minimum atomic E-state index is 0.215. The number of carbonyl (C=O) groups is 1. The lowest BCUT2D eigenvalue weighted by atomic mass is 10.1. The van der Waals surface area contributed by atoms with Crippen LogP contribution in [0, 0.1) is 0 Å². The Morgan fingerprint density at radius 1 is 1.44 bits per heavy atom. The Morgan fingerprint density at radius 3 is 2.94 bits per heavy atom. The Hall–Kier alpha value is -1.42. The van der Waals surface area contributed by atoms with Gasteiger partial charge in [-0.15, -0.1) is 0 Å². The Kier molecular flexibility index (Phi) is 3.88. The van der Waals surface area contributed by atoms with Gasteiger partial charge in [0, 0.05) is 31.9 Å². The first-order valence-electron chi connectivity index (χ1n) is 5.61. The van der Waals surface area contributed by atoms with Crippen LogP contribution in [-0.2, 0) is 16.0 Å². The molecule has 1 saturated heterocycles. The first kappa shape index (κ1) is 11.1.